The largest absolute Gasteiger partial charge is 0.338 e. The Morgan fingerprint density at radius 2 is 1.93 bits per heavy atom. The lowest BCUT2D eigenvalue weighted by Gasteiger charge is -2.39. The fraction of sp³-hybridized carbons (Fsp3) is 0.629. The van der Waals surface area contributed by atoms with Crippen LogP contribution in [0.5, 0.6) is 0 Å². The molecule has 3 aromatic rings. The Morgan fingerprint density at radius 1 is 1.11 bits per heavy atom. The number of aryl methyl sites for hydroxylation is 2. The quantitative estimate of drug-likeness (QED) is 0.401. The van der Waals surface area contributed by atoms with Crippen LogP contribution in [0.3, 0.4) is 0 Å². The van der Waals surface area contributed by atoms with E-state index >= 15 is 0 Å². The molecule has 3 fully saturated rings. The standard InChI is InChI=1S/C35H46F2N8O/c1-23(46)43-15-8-31-30(21-43)34(40-45(31)27-6-13-42(14-7-27)20-26-5-11-38-22-35(26)9-10-35)44-12-3-4-24-16-28(25-18-39-41(2)19-25)29(33(36)37)17-32(24)44/h16-19,26-27,33,38H,3-15,20-22H2,1-2H3. The molecule has 5 aliphatic rings. The lowest BCUT2D eigenvalue weighted by molar-refractivity contribution is -0.129. The maximum atomic E-state index is 14.6. The topological polar surface area (TPSA) is 74.5 Å². The second-order valence-electron chi connectivity index (χ2n) is 14.5. The van der Waals surface area contributed by atoms with Crippen molar-refractivity contribution in [3.8, 4) is 11.1 Å². The number of carbonyl (C=O) groups excluding carboxylic acids is 1. The predicted molar refractivity (Wildman–Crippen MR) is 173 cm³/mol. The van der Waals surface area contributed by atoms with Crippen LogP contribution >= 0.6 is 0 Å². The van der Waals surface area contributed by atoms with E-state index < -0.39 is 6.43 Å². The minimum Gasteiger partial charge on any atom is -0.338 e. The van der Waals surface area contributed by atoms with Gasteiger partial charge >= 0.3 is 0 Å². The van der Waals surface area contributed by atoms with Gasteiger partial charge in [-0.3, -0.25) is 14.2 Å². The SMILES string of the molecule is CC(=O)N1CCc2c(c(N3CCCc4cc(-c5cnn(C)c5)c(C(F)F)cc43)nn2C2CCN(CC3CCNCC34CC4)CC2)C1. The Labute approximate surface area is 269 Å². The molecular formula is C35H46F2N8O. The Hall–Kier alpha value is -3.31. The van der Waals surface area contributed by atoms with Crippen molar-refractivity contribution in [2.24, 2.45) is 18.4 Å². The van der Waals surface area contributed by atoms with Crippen molar-refractivity contribution in [2.75, 3.05) is 50.7 Å². The Balaban J connectivity index is 1.10. The van der Waals surface area contributed by atoms with Gasteiger partial charge in [0, 0.05) is 93.9 Å². The van der Waals surface area contributed by atoms with Crippen LogP contribution in [0.15, 0.2) is 24.5 Å². The van der Waals surface area contributed by atoms with E-state index in [1.165, 1.54) is 38.0 Å². The Morgan fingerprint density at radius 3 is 2.65 bits per heavy atom. The van der Waals surface area contributed by atoms with Crippen LogP contribution in [-0.2, 0) is 31.2 Å². The molecule has 9 nitrogen and oxygen atoms in total. The van der Waals surface area contributed by atoms with Gasteiger partial charge in [-0.1, -0.05) is 0 Å². The molecule has 1 unspecified atom stereocenters. The van der Waals surface area contributed by atoms with Gasteiger partial charge in [-0.2, -0.15) is 10.2 Å². The molecule has 0 bridgehead atoms. The molecular weight excluding hydrogens is 586 g/mol. The molecule has 1 amide bonds. The molecule has 1 saturated carbocycles. The normalized spacial score (nSPS) is 23.2. The number of aromatic nitrogens is 4. The molecule has 1 aromatic carbocycles. The smallest absolute Gasteiger partial charge is 0.264 e. The van der Waals surface area contributed by atoms with Crippen molar-refractivity contribution in [1.29, 1.82) is 0 Å². The summed E-state index contributed by atoms with van der Waals surface area (Å²) in [5, 5.41) is 13.2. The summed E-state index contributed by atoms with van der Waals surface area (Å²) >= 11 is 0. The summed E-state index contributed by atoms with van der Waals surface area (Å²) in [5.41, 5.74) is 5.99. The number of nitrogens with one attached hydrogen (secondary N) is 1. The minimum absolute atomic E-state index is 0.0198. The third-order valence-electron chi connectivity index (χ3n) is 11.7. The number of alkyl halides is 2. The number of halogens is 2. The molecule has 4 aliphatic heterocycles. The van der Waals surface area contributed by atoms with Gasteiger partial charge in [-0.15, -0.1) is 0 Å². The molecule has 11 heteroatoms. The number of anilines is 2. The minimum atomic E-state index is -2.62. The van der Waals surface area contributed by atoms with Gasteiger partial charge in [-0.25, -0.2) is 8.78 Å². The van der Waals surface area contributed by atoms with Crippen LogP contribution in [0.1, 0.15) is 80.3 Å². The van der Waals surface area contributed by atoms with Gasteiger partial charge in [0.25, 0.3) is 6.43 Å². The first-order chi connectivity index (χ1) is 22.3. The highest BCUT2D eigenvalue weighted by molar-refractivity contribution is 5.78. The van der Waals surface area contributed by atoms with Crippen LogP contribution < -0.4 is 10.2 Å². The molecule has 1 spiro atoms. The van der Waals surface area contributed by atoms with Crippen LogP contribution in [0.2, 0.25) is 0 Å². The van der Waals surface area contributed by atoms with Crippen molar-refractivity contribution in [3.05, 3.63) is 46.9 Å². The summed E-state index contributed by atoms with van der Waals surface area (Å²) in [5.74, 6) is 1.70. The zero-order valence-corrected chi connectivity index (χ0v) is 27.1. The zero-order chi connectivity index (χ0) is 31.6. The van der Waals surface area contributed by atoms with E-state index in [1.54, 1.807) is 37.1 Å². The van der Waals surface area contributed by atoms with E-state index in [0.29, 0.717) is 42.2 Å². The number of likely N-dealkylation sites (tertiary alicyclic amines) is 1. The van der Waals surface area contributed by atoms with E-state index in [2.05, 4.69) is 24.9 Å². The zero-order valence-electron chi connectivity index (χ0n) is 27.1. The van der Waals surface area contributed by atoms with Crippen LogP contribution in [0, 0.1) is 11.3 Å². The maximum Gasteiger partial charge on any atom is 0.264 e. The summed E-state index contributed by atoms with van der Waals surface area (Å²) < 4.78 is 33.1. The molecule has 246 valence electrons. The van der Waals surface area contributed by atoms with E-state index in [9.17, 15) is 13.6 Å². The number of carbonyl (C=O) groups is 1. The number of amides is 1. The number of benzene rings is 1. The lowest BCUT2D eigenvalue weighted by atomic mass is 9.82. The van der Waals surface area contributed by atoms with Crippen molar-refractivity contribution in [3.63, 3.8) is 0 Å². The molecule has 0 radical (unpaired) electrons. The van der Waals surface area contributed by atoms with Crippen molar-refractivity contribution in [1.82, 2.24) is 34.7 Å². The molecule has 2 aromatic heterocycles. The van der Waals surface area contributed by atoms with Gasteiger partial charge < -0.3 is 20.0 Å². The first-order valence-electron chi connectivity index (χ1n) is 17.3. The number of hydrogen-bond donors (Lipinski definition) is 1. The van der Waals surface area contributed by atoms with Crippen LogP contribution in [0.25, 0.3) is 11.1 Å². The average Bonchev–Trinajstić information content (AvgIpc) is 3.52. The van der Waals surface area contributed by atoms with E-state index in [-0.39, 0.29) is 11.5 Å². The number of hydrogen-bond acceptors (Lipinski definition) is 6. The van der Waals surface area contributed by atoms with Gasteiger partial charge in [-0.05, 0) is 86.1 Å². The van der Waals surface area contributed by atoms with Gasteiger partial charge in [0.2, 0.25) is 5.91 Å². The summed E-state index contributed by atoms with van der Waals surface area (Å²) in [4.78, 5) is 19.3. The summed E-state index contributed by atoms with van der Waals surface area (Å²) in [6, 6.07) is 3.93. The fourth-order valence-corrected chi connectivity index (χ4v) is 8.83. The average molecular weight is 633 g/mol. The van der Waals surface area contributed by atoms with Crippen LogP contribution in [0.4, 0.5) is 20.3 Å². The second-order valence-corrected chi connectivity index (χ2v) is 14.5. The highest BCUT2D eigenvalue weighted by atomic mass is 19.3. The highest BCUT2D eigenvalue weighted by Crippen LogP contribution is 2.54. The Kier molecular flexibility index (Phi) is 7.67. The number of rotatable bonds is 6. The van der Waals surface area contributed by atoms with E-state index in [1.807, 2.05) is 11.0 Å². The maximum absolute atomic E-state index is 14.6. The number of fused-ring (bicyclic) bond motifs is 2. The van der Waals surface area contributed by atoms with Gasteiger partial charge in [0.15, 0.2) is 5.82 Å². The lowest BCUT2D eigenvalue weighted by Crippen LogP contribution is -2.46. The van der Waals surface area contributed by atoms with Crippen molar-refractivity contribution >= 4 is 17.4 Å². The molecule has 6 heterocycles. The highest BCUT2D eigenvalue weighted by Gasteiger charge is 2.50. The molecule has 46 heavy (non-hydrogen) atoms. The van der Waals surface area contributed by atoms with E-state index in [4.69, 9.17) is 5.10 Å². The van der Waals surface area contributed by atoms with Gasteiger partial charge in [0.1, 0.15) is 0 Å². The van der Waals surface area contributed by atoms with Crippen LogP contribution in [-0.4, -0.2) is 81.1 Å². The third kappa shape index (κ3) is 5.33. The van der Waals surface area contributed by atoms with Crippen molar-refractivity contribution < 1.29 is 13.6 Å². The predicted octanol–water partition coefficient (Wildman–Crippen LogP) is 5.24. The monoisotopic (exact) mass is 632 g/mol. The Bertz CT molecular complexity index is 1620. The van der Waals surface area contributed by atoms with Crippen molar-refractivity contribution in [2.45, 2.75) is 77.3 Å². The molecule has 1 N–H and O–H groups in total. The number of piperidine rings is 2. The molecule has 1 atom stereocenters. The summed E-state index contributed by atoms with van der Waals surface area (Å²) in [7, 11) is 1.80. The fourth-order valence-electron chi connectivity index (χ4n) is 8.83. The molecule has 2 saturated heterocycles. The first-order valence-corrected chi connectivity index (χ1v) is 17.3. The summed E-state index contributed by atoms with van der Waals surface area (Å²) in [6.45, 7) is 9.24. The first kappa shape index (κ1) is 30.1. The molecule has 8 rings (SSSR count). The second kappa shape index (κ2) is 11.7. The third-order valence-corrected chi connectivity index (χ3v) is 11.7. The van der Waals surface area contributed by atoms with Gasteiger partial charge in [0.05, 0.1) is 18.8 Å². The summed E-state index contributed by atoms with van der Waals surface area (Å²) in [6.07, 6.45) is 9.49. The molecule has 1 aliphatic carbocycles. The number of nitrogens with zero attached hydrogens (tertiary/aromatic N) is 7. The van der Waals surface area contributed by atoms with E-state index in [0.717, 1.165) is 80.3 Å².